The Kier molecular flexibility index (Phi) is 6.31. The van der Waals surface area contributed by atoms with E-state index in [1.165, 1.54) is 0 Å². The lowest BCUT2D eigenvalue weighted by atomic mass is 9.87. The summed E-state index contributed by atoms with van der Waals surface area (Å²) in [7, 11) is 0. The predicted molar refractivity (Wildman–Crippen MR) is 76.9 cm³/mol. The van der Waals surface area contributed by atoms with Crippen LogP contribution in [0.5, 0.6) is 0 Å². The summed E-state index contributed by atoms with van der Waals surface area (Å²) in [6.45, 7) is 1.25. The molecular weight excluding hydrogens is 359 g/mol. The molecule has 1 aliphatic heterocycles. The lowest BCUT2D eigenvalue weighted by Crippen LogP contribution is -2.27. The van der Waals surface area contributed by atoms with Crippen LogP contribution in [0.1, 0.15) is 30.0 Å². The van der Waals surface area contributed by atoms with Gasteiger partial charge in [-0.3, -0.25) is 0 Å². The van der Waals surface area contributed by atoms with E-state index in [0.717, 1.165) is 25.0 Å². The predicted octanol–water partition coefficient (Wildman–Crippen LogP) is 4.32. The molecule has 1 aliphatic rings. The summed E-state index contributed by atoms with van der Waals surface area (Å²) in [4.78, 5) is 0. The normalized spacial score (nSPS) is 18.4. The Hall–Kier alpha value is -0.300. The molecule has 0 unspecified atom stereocenters. The number of alkyl halides is 3. The van der Waals surface area contributed by atoms with Crippen LogP contribution >= 0.6 is 28.3 Å². The van der Waals surface area contributed by atoms with Gasteiger partial charge in [-0.15, -0.1) is 12.4 Å². The smallest absolute Gasteiger partial charge is 0.381 e. The van der Waals surface area contributed by atoms with Gasteiger partial charge in [0.1, 0.15) is 0 Å². The highest BCUT2D eigenvalue weighted by atomic mass is 79.9. The highest BCUT2D eigenvalue weighted by Crippen LogP contribution is 2.35. The molecule has 1 aromatic carbocycles. The van der Waals surface area contributed by atoms with Crippen LogP contribution in [0.2, 0.25) is 0 Å². The third-order valence-electron chi connectivity index (χ3n) is 3.41. The molecule has 2 N–H and O–H groups in total. The first-order chi connectivity index (χ1) is 8.88. The van der Waals surface area contributed by atoms with E-state index >= 15 is 0 Å². The van der Waals surface area contributed by atoms with Gasteiger partial charge in [-0.2, -0.15) is 13.2 Å². The van der Waals surface area contributed by atoms with E-state index in [1.54, 1.807) is 6.07 Å². The zero-order valence-corrected chi connectivity index (χ0v) is 13.0. The van der Waals surface area contributed by atoms with Crippen molar-refractivity contribution in [3.63, 3.8) is 0 Å². The molecule has 1 aromatic rings. The minimum Gasteiger partial charge on any atom is -0.381 e. The Labute approximate surface area is 130 Å². The molecule has 7 heteroatoms. The molecule has 1 heterocycles. The average molecular weight is 375 g/mol. The maximum atomic E-state index is 12.8. The minimum absolute atomic E-state index is 0. The van der Waals surface area contributed by atoms with Gasteiger partial charge in [0.15, 0.2) is 0 Å². The highest BCUT2D eigenvalue weighted by molar-refractivity contribution is 9.10. The van der Waals surface area contributed by atoms with Crippen LogP contribution in [0.15, 0.2) is 22.7 Å². The molecule has 1 saturated heterocycles. The maximum absolute atomic E-state index is 12.8. The van der Waals surface area contributed by atoms with Gasteiger partial charge in [-0.05, 0) is 42.5 Å². The zero-order chi connectivity index (χ0) is 14.0. The summed E-state index contributed by atoms with van der Waals surface area (Å²) >= 11 is 3.12. The molecular formula is C13H16BrClF3NO. The van der Waals surface area contributed by atoms with Crippen molar-refractivity contribution in [3.05, 3.63) is 33.8 Å². The summed E-state index contributed by atoms with van der Waals surface area (Å²) in [5, 5.41) is 0. The first kappa shape index (κ1) is 17.8. The SMILES string of the molecule is Cl.N[C@H](c1cc(Br)cc(C(F)(F)F)c1)C1CCOCC1. The van der Waals surface area contributed by atoms with Crippen molar-refractivity contribution >= 4 is 28.3 Å². The summed E-state index contributed by atoms with van der Waals surface area (Å²) in [5.74, 6) is 0.170. The third kappa shape index (κ3) is 4.35. The second-order valence-electron chi connectivity index (χ2n) is 4.75. The molecule has 0 aromatic heterocycles. The number of hydrogen-bond acceptors (Lipinski definition) is 2. The standard InChI is InChI=1S/C13H15BrF3NO.ClH/c14-11-6-9(5-10(7-11)13(15,16)17)12(18)8-1-3-19-4-2-8;/h5-8,12H,1-4,18H2;1H/t12-;/m0./s1. The van der Waals surface area contributed by atoms with E-state index in [1.807, 2.05) is 0 Å². The van der Waals surface area contributed by atoms with Gasteiger partial charge in [0.25, 0.3) is 0 Å². The zero-order valence-electron chi connectivity index (χ0n) is 10.6. The van der Waals surface area contributed by atoms with E-state index in [0.29, 0.717) is 23.2 Å². The second-order valence-corrected chi connectivity index (χ2v) is 5.66. The van der Waals surface area contributed by atoms with Gasteiger partial charge >= 0.3 is 6.18 Å². The number of ether oxygens (including phenoxy) is 1. The highest BCUT2D eigenvalue weighted by Gasteiger charge is 2.32. The second kappa shape index (κ2) is 7.11. The van der Waals surface area contributed by atoms with E-state index in [-0.39, 0.29) is 24.4 Å². The van der Waals surface area contributed by atoms with Crippen molar-refractivity contribution in [2.45, 2.75) is 25.1 Å². The minimum atomic E-state index is -4.35. The number of halogens is 5. The first-order valence-electron chi connectivity index (χ1n) is 6.09. The fraction of sp³-hybridized carbons (Fsp3) is 0.538. The molecule has 0 saturated carbocycles. The Balaban J connectivity index is 0.00000200. The Bertz CT molecular complexity index is 450. The van der Waals surface area contributed by atoms with E-state index in [2.05, 4.69) is 15.9 Å². The number of rotatable bonds is 2. The van der Waals surface area contributed by atoms with Crippen LogP contribution < -0.4 is 5.73 Å². The largest absolute Gasteiger partial charge is 0.416 e. The van der Waals surface area contributed by atoms with Crippen LogP contribution in [0.25, 0.3) is 0 Å². The van der Waals surface area contributed by atoms with Gasteiger partial charge in [0, 0.05) is 23.7 Å². The molecule has 0 bridgehead atoms. The summed E-state index contributed by atoms with van der Waals surface area (Å²) < 4.78 is 44.0. The van der Waals surface area contributed by atoms with E-state index < -0.39 is 11.7 Å². The van der Waals surface area contributed by atoms with Crippen molar-refractivity contribution in [1.82, 2.24) is 0 Å². The quantitative estimate of drug-likeness (QED) is 0.837. The molecule has 2 rings (SSSR count). The molecule has 2 nitrogen and oxygen atoms in total. The fourth-order valence-corrected chi connectivity index (χ4v) is 2.83. The molecule has 1 fully saturated rings. The van der Waals surface area contributed by atoms with Crippen LogP contribution in [-0.4, -0.2) is 13.2 Å². The van der Waals surface area contributed by atoms with Crippen LogP contribution in [0, 0.1) is 5.92 Å². The van der Waals surface area contributed by atoms with Crippen LogP contribution in [0.4, 0.5) is 13.2 Å². The molecule has 0 radical (unpaired) electrons. The lowest BCUT2D eigenvalue weighted by molar-refractivity contribution is -0.137. The van der Waals surface area contributed by atoms with Gasteiger partial charge in [-0.25, -0.2) is 0 Å². The Morgan fingerprint density at radius 1 is 1.20 bits per heavy atom. The Morgan fingerprint density at radius 3 is 2.35 bits per heavy atom. The average Bonchev–Trinajstić information content (AvgIpc) is 2.37. The van der Waals surface area contributed by atoms with Crippen molar-refractivity contribution in [2.75, 3.05) is 13.2 Å². The van der Waals surface area contributed by atoms with Crippen molar-refractivity contribution in [2.24, 2.45) is 11.7 Å². The van der Waals surface area contributed by atoms with E-state index in [4.69, 9.17) is 10.5 Å². The number of nitrogens with two attached hydrogens (primary N) is 1. The molecule has 0 aliphatic carbocycles. The maximum Gasteiger partial charge on any atom is 0.416 e. The van der Waals surface area contributed by atoms with Crippen molar-refractivity contribution < 1.29 is 17.9 Å². The number of benzene rings is 1. The van der Waals surface area contributed by atoms with Crippen LogP contribution in [-0.2, 0) is 10.9 Å². The topological polar surface area (TPSA) is 35.2 Å². The third-order valence-corrected chi connectivity index (χ3v) is 3.86. The molecule has 114 valence electrons. The van der Waals surface area contributed by atoms with Crippen molar-refractivity contribution in [3.8, 4) is 0 Å². The molecule has 20 heavy (non-hydrogen) atoms. The van der Waals surface area contributed by atoms with Gasteiger partial charge in [-0.1, -0.05) is 15.9 Å². The summed E-state index contributed by atoms with van der Waals surface area (Å²) in [6, 6.07) is 3.49. The monoisotopic (exact) mass is 373 g/mol. The van der Waals surface area contributed by atoms with Crippen molar-refractivity contribution in [1.29, 1.82) is 0 Å². The molecule has 1 atom stereocenters. The number of hydrogen-bond donors (Lipinski definition) is 1. The summed E-state index contributed by atoms with van der Waals surface area (Å²) in [5.41, 5.74) is 5.96. The fourth-order valence-electron chi connectivity index (χ4n) is 2.32. The molecule has 0 amide bonds. The Morgan fingerprint density at radius 2 is 1.80 bits per heavy atom. The first-order valence-corrected chi connectivity index (χ1v) is 6.88. The summed E-state index contributed by atoms with van der Waals surface area (Å²) in [6.07, 6.45) is -2.78. The molecule has 0 spiro atoms. The van der Waals surface area contributed by atoms with Gasteiger partial charge < -0.3 is 10.5 Å². The van der Waals surface area contributed by atoms with Gasteiger partial charge in [0.05, 0.1) is 5.56 Å². The van der Waals surface area contributed by atoms with Gasteiger partial charge in [0.2, 0.25) is 0 Å². The van der Waals surface area contributed by atoms with Crippen LogP contribution in [0.3, 0.4) is 0 Å². The lowest BCUT2D eigenvalue weighted by Gasteiger charge is -2.28. The van der Waals surface area contributed by atoms with E-state index in [9.17, 15) is 13.2 Å².